The predicted octanol–water partition coefficient (Wildman–Crippen LogP) is 1.03. The van der Waals surface area contributed by atoms with E-state index in [1.165, 1.54) is 0 Å². The van der Waals surface area contributed by atoms with Crippen LogP contribution in [-0.4, -0.2) is 22.5 Å². The second kappa shape index (κ2) is 4.78. The van der Waals surface area contributed by atoms with E-state index >= 15 is 0 Å². The van der Waals surface area contributed by atoms with Gasteiger partial charge in [-0.1, -0.05) is 12.1 Å². The number of fused-ring (bicyclic) bond motifs is 1. The normalized spacial score (nSPS) is 10.4. The van der Waals surface area contributed by atoms with Crippen molar-refractivity contribution in [2.24, 2.45) is 0 Å². The Morgan fingerprint density at radius 3 is 2.94 bits per heavy atom. The van der Waals surface area contributed by atoms with Gasteiger partial charge >= 0.3 is 5.97 Å². The van der Waals surface area contributed by atoms with Crippen molar-refractivity contribution in [3.8, 4) is 0 Å². The third-order valence-corrected chi connectivity index (χ3v) is 2.29. The number of H-pyrrole nitrogens is 1. The highest BCUT2D eigenvalue weighted by molar-refractivity contribution is 5.76. The number of esters is 1. The molecular formula is C12H12N2O3. The Balaban J connectivity index is 2.37. The number of carbonyl (C=O) groups excluding carboxylic acids is 1. The third-order valence-electron chi connectivity index (χ3n) is 2.29. The van der Waals surface area contributed by atoms with Gasteiger partial charge in [0.15, 0.2) is 0 Å². The Bertz CT molecular complexity index is 604. The molecule has 1 N–H and O–H groups in total. The highest BCUT2D eigenvalue weighted by Gasteiger charge is 2.10. The molecule has 0 aliphatic heterocycles. The van der Waals surface area contributed by atoms with Gasteiger partial charge in [0.2, 0.25) is 0 Å². The fraction of sp³-hybridized carbons (Fsp3) is 0.250. The van der Waals surface area contributed by atoms with E-state index in [-0.39, 0.29) is 17.7 Å². The molecule has 0 amide bonds. The van der Waals surface area contributed by atoms with Crippen LogP contribution in [0.25, 0.3) is 11.0 Å². The van der Waals surface area contributed by atoms with Crippen molar-refractivity contribution in [3.63, 3.8) is 0 Å². The van der Waals surface area contributed by atoms with E-state index in [0.717, 1.165) is 0 Å². The Morgan fingerprint density at radius 1 is 1.41 bits per heavy atom. The first-order valence-corrected chi connectivity index (χ1v) is 5.34. The molecule has 1 aromatic heterocycles. The van der Waals surface area contributed by atoms with E-state index < -0.39 is 5.97 Å². The minimum Gasteiger partial charge on any atom is -0.466 e. The molecule has 5 heteroatoms. The first kappa shape index (κ1) is 11.3. The molecule has 0 unspecified atom stereocenters. The van der Waals surface area contributed by atoms with Gasteiger partial charge in [0.1, 0.15) is 5.69 Å². The van der Waals surface area contributed by atoms with Crippen LogP contribution in [0.15, 0.2) is 29.1 Å². The molecule has 1 aromatic carbocycles. The molecule has 1 heterocycles. The van der Waals surface area contributed by atoms with Gasteiger partial charge < -0.3 is 9.72 Å². The molecule has 0 spiro atoms. The number of rotatable bonds is 3. The summed E-state index contributed by atoms with van der Waals surface area (Å²) in [6.07, 6.45) is -0.103. The number of benzene rings is 1. The van der Waals surface area contributed by atoms with Crippen LogP contribution < -0.4 is 5.56 Å². The molecule has 0 aliphatic rings. The largest absolute Gasteiger partial charge is 0.466 e. The van der Waals surface area contributed by atoms with Gasteiger partial charge in [-0.3, -0.25) is 9.59 Å². The van der Waals surface area contributed by atoms with Crippen LogP contribution in [0.2, 0.25) is 0 Å². The number of ether oxygens (including phenoxy) is 1. The molecule has 0 atom stereocenters. The summed E-state index contributed by atoms with van der Waals surface area (Å²) in [6.45, 7) is 2.01. The van der Waals surface area contributed by atoms with Crippen molar-refractivity contribution in [1.29, 1.82) is 0 Å². The zero-order valence-corrected chi connectivity index (χ0v) is 9.40. The number of nitrogens with zero attached hydrogens (tertiary/aromatic N) is 1. The predicted molar refractivity (Wildman–Crippen MR) is 62.7 cm³/mol. The summed E-state index contributed by atoms with van der Waals surface area (Å²) < 4.78 is 4.78. The highest BCUT2D eigenvalue weighted by atomic mass is 16.5. The van der Waals surface area contributed by atoms with Crippen molar-refractivity contribution in [2.75, 3.05) is 6.61 Å². The van der Waals surface area contributed by atoms with Gasteiger partial charge in [0.05, 0.1) is 24.1 Å². The molecule has 0 saturated carbocycles. The lowest BCUT2D eigenvalue weighted by Gasteiger charge is -2.02. The molecule has 2 rings (SSSR count). The van der Waals surface area contributed by atoms with Gasteiger partial charge in [0.25, 0.3) is 5.56 Å². The fourth-order valence-corrected chi connectivity index (χ4v) is 1.54. The summed E-state index contributed by atoms with van der Waals surface area (Å²) >= 11 is 0. The zero-order valence-electron chi connectivity index (χ0n) is 9.40. The van der Waals surface area contributed by atoms with Gasteiger partial charge in [0, 0.05) is 0 Å². The van der Waals surface area contributed by atoms with E-state index in [4.69, 9.17) is 4.74 Å². The van der Waals surface area contributed by atoms with Gasteiger partial charge in [-0.25, -0.2) is 4.98 Å². The van der Waals surface area contributed by atoms with Crippen LogP contribution in [0.3, 0.4) is 0 Å². The summed E-state index contributed by atoms with van der Waals surface area (Å²) in [6, 6.07) is 7.17. The molecule has 0 aliphatic carbocycles. The molecule has 2 aromatic rings. The summed E-state index contributed by atoms with van der Waals surface area (Å²) in [5.41, 5.74) is 1.15. The van der Waals surface area contributed by atoms with Crippen LogP contribution in [0.1, 0.15) is 12.6 Å². The van der Waals surface area contributed by atoms with Crippen LogP contribution in [-0.2, 0) is 16.0 Å². The molecule has 88 valence electrons. The van der Waals surface area contributed by atoms with Crippen LogP contribution in [0, 0.1) is 0 Å². The molecule has 0 radical (unpaired) electrons. The van der Waals surface area contributed by atoms with E-state index in [1.807, 2.05) is 12.1 Å². The summed E-state index contributed by atoms with van der Waals surface area (Å²) in [4.78, 5) is 29.8. The first-order chi connectivity index (χ1) is 8.20. The number of nitrogens with one attached hydrogen (secondary N) is 1. The smallest absolute Gasteiger partial charge is 0.312 e. The van der Waals surface area contributed by atoms with Gasteiger partial charge in [-0.15, -0.1) is 0 Å². The van der Waals surface area contributed by atoms with Crippen molar-refractivity contribution < 1.29 is 9.53 Å². The average molecular weight is 232 g/mol. The minimum atomic E-state index is -0.444. The lowest BCUT2D eigenvalue weighted by molar-refractivity contribution is -0.142. The number of hydrogen-bond acceptors (Lipinski definition) is 4. The third kappa shape index (κ3) is 2.50. The number of aromatic amines is 1. The summed E-state index contributed by atoms with van der Waals surface area (Å²) in [7, 11) is 0. The Labute approximate surface area is 97.4 Å². The summed E-state index contributed by atoms with van der Waals surface area (Å²) in [5.74, 6) is -0.444. The number of hydrogen-bond donors (Lipinski definition) is 1. The quantitative estimate of drug-likeness (QED) is 0.802. The standard InChI is InChI=1S/C12H12N2O3/c1-2-17-11(15)7-10-12(16)14-9-6-4-3-5-8(9)13-10/h3-6H,2,7H2,1H3,(H,14,16). The van der Waals surface area contributed by atoms with Crippen molar-refractivity contribution in [1.82, 2.24) is 9.97 Å². The maximum Gasteiger partial charge on any atom is 0.312 e. The molecule has 0 fully saturated rings. The minimum absolute atomic E-state index is 0.103. The second-order valence-corrected chi connectivity index (χ2v) is 3.51. The van der Waals surface area contributed by atoms with Crippen LogP contribution in [0.5, 0.6) is 0 Å². The Hall–Kier alpha value is -2.17. The Morgan fingerprint density at radius 2 is 2.18 bits per heavy atom. The molecule has 17 heavy (non-hydrogen) atoms. The maximum absolute atomic E-state index is 11.6. The molecule has 0 bridgehead atoms. The van der Waals surface area contributed by atoms with Gasteiger partial charge in [-0.2, -0.15) is 0 Å². The molecule has 5 nitrogen and oxygen atoms in total. The first-order valence-electron chi connectivity index (χ1n) is 5.34. The van der Waals surface area contributed by atoms with Crippen molar-refractivity contribution in [2.45, 2.75) is 13.3 Å². The highest BCUT2D eigenvalue weighted by Crippen LogP contribution is 2.06. The number of aromatic nitrogens is 2. The lowest BCUT2D eigenvalue weighted by Crippen LogP contribution is -2.20. The summed E-state index contributed by atoms with van der Waals surface area (Å²) in [5, 5.41) is 0. The van der Waals surface area contributed by atoms with Gasteiger partial charge in [-0.05, 0) is 19.1 Å². The average Bonchev–Trinajstić information content (AvgIpc) is 2.30. The van der Waals surface area contributed by atoms with Crippen molar-refractivity contribution in [3.05, 3.63) is 40.3 Å². The monoisotopic (exact) mass is 232 g/mol. The van der Waals surface area contributed by atoms with Crippen LogP contribution >= 0.6 is 0 Å². The number of para-hydroxylation sites is 2. The van der Waals surface area contributed by atoms with E-state index in [1.54, 1.807) is 19.1 Å². The van der Waals surface area contributed by atoms with Crippen molar-refractivity contribution >= 4 is 17.0 Å². The maximum atomic E-state index is 11.6. The second-order valence-electron chi connectivity index (χ2n) is 3.51. The lowest BCUT2D eigenvalue weighted by atomic mass is 10.2. The van der Waals surface area contributed by atoms with Crippen LogP contribution in [0.4, 0.5) is 0 Å². The van der Waals surface area contributed by atoms with E-state index in [0.29, 0.717) is 17.6 Å². The fourth-order valence-electron chi connectivity index (χ4n) is 1.54. The van der Waals surface area contributed by atoms with E-state index in [2.05, 4.69) is 9.97 Å². The molecular weight excluding hydrogens is 220 g/mol. The Kier molecular flexibility index (Phi) is 3.18. The SMILES string of the molecule is CCOC(=O)Cc1nc2ccccc2[nH]c1=O. The topological polar surface area (TPSA) is 72.0 Å². The zero-order chi connectivity index (χ0) is 12.3. The molecule has 0 saturated heterocycles. The van der Waals surface area contributed by atoms with E-state index in [9.17, 15) is 9.59 Å². The number of carbonyl (C=O) groups is 1.